The van der Waals surface area contributed by atoms with Gasteiger partial charge in [-0.1, -0.05) is 0 Å². The van der Waals surface area contributed by atoms with Crippen molar-refractivity contribution in [1.29, 1.82) is 5.26 Å². The fourth-order valence-electron chi connectivity index (χ4n) is 2.18. The molecule has 24 heavy (non-hydrogen) atoms. The molecule has 0 atom stereocenters. The Morgan fingerprint density at radius 3 is 2.88 bits per heavy atom. The van der Waals surface area contributed by atoms with Crippen molar-refractivity contribution < 1.29 is 9.13 Å². The summed E-state index contributed by atoms with van der Waals surface area (Å²) in [6.45, 7) is 2.48. The van der Waals surface area contributed by atoms with Crippen LogP contribution < -0.4 is 5.32 Å². The Morgan fingerprint density at radius 1 is 1.50 bits per heavy atom. The average molecular weight is 446 g/mol. The van der Waals surface area contributed by atoms with Crippen LogP contribution in [-0.2, 0) is 11.3 Å². The monoisotopic (exact) mass is 446 g/mol. The van der Waals surface area contributed by atoms with Crippen molar-refractivity contribution in [3.8, 4) is 6.07 Å². The van der Waals surface area contributed by atoms with Gasteiger partial charge in [0.15, 0.2) is 5.96 Å². The van der Waals surface area contributed by atoms with Gasteiger partial charge in [0, 0.05) is 39.4 Å². The molecule has 0 saturated heterocycles. The fraction of sp³-hybridized carbons (Fsp3) is 0.529. The molecule has 1 aromatic carbocycles. The van der Waals surface area contributed by atoms with E-state index in [4.69, 9.17) is 10.00 Å². The predicted molar refractivity (Wildman–Crippen MR) is 103 cm³/mol. The first-order valence-corrected chi connectivity index (χ1v) is 7.82. The molecule has 1 saturated carbocycles. The number of halogens is 2. The minimum absolute atomic E-state index is 0. The number of hydrogen-bond donors (Lipinski definition) is 1. The van der Waals surface area contributed by atoms with Crippen molar-refractivity contribution in [2.45, 2.75) is 19.4 Å². The molecule has 1 aromatic rings. The van der Waals surface area contributed by atoms with Gasteiger partial charge in [-0.05, 0) is 37.0 Å². The lowest BCUT2D eigenvalue weighted by molar-refractivity contribution is 0.115. The molecule has 1 aliphatic rings. The van der Waals surface area contributed by atoms with Gasteiger partial charge in [0.2, 0.25) is 0 Å². The molecule has 1 fully saturated rings. The minimum Gasteiger partial charge on any atom is -0.379 e. The number of rotatable bonds is 7. The maximum absolute atomic E-state index is 13.8. The van der Waals surface area contributed by atoms with Gasteiger partial charge in [-0.2, -0.15) is 5.26 Å². The largest absolute Gasteiger partial charge is 0.379 e. The van der Waals surface area contributed by atoms with Crippen LogP contribution in [0.5, 0.6) is 0 Å². The summed E-state index contributed by atoms with van der Waals surface area (Å²) in [5, 5.41) is 12.0. The quantitative estimate of drug-likeness (QED) is 0.303. The molecular weight excluding hydrogens is 422 g/mol. The van der Waals surface area contributed by atoms with Gasteiger partial charge in [0.05, 0.1) is 18.2 Å². The van der Waals surface area contributed by atoms with E-state index < -0.39 is 0 Å². The molecule has 0 spiro atoms. The van der Waals surface area contributed by atoms with Crippen LogP contribution in [0.25, 0.3) is 0 Å². The molecule has 1 N–H and O–H groups in total. The molecule has 1 aliphatic carbocycles. The summed E-state index contributed by atoms with van der Waals surface area (Å²) < 4.78 is 19.4. The molecule has 0 radical (unpaired) electrons. The van der Waals surface area contributed by atoms with Crippen LogP contribution in [0.1, 0.15) is 24.0 Å². The summed E-state index contributed by atoms with van der Waals surface area (Å²) in [7, 11) is 3.60. The van der Waals surface area contributed by atoms with Crippen LogP contribution in [0.2, 0.25) is 0 Å². The first-order chi connectivity index (χ1) is 11.1. The summed E-state index contributed by atoms with van der Waals surface area (Å²) in [6, 6.07) is 6.35. The maximum atomic E-state index is 13.8. The van der Waals surface area contributed by atoms with Gasteiger partial charge in [0.25, 0.3) is 0 Å². The molecule has 2 rings (SSSR count). The summed E-state index contributed by atoms with van der Waals surface area (Å²) >= 11 is 0. The van der Waals surface area contributed by atoms with E-state index in [1.807, 2.05) is 18.0 Å². The molecular formula is C17H24FIN4O. The fourth-order valence-corrected chi connectivity index (χ4v) is 2.18. The summed E-state index contributed by atoms with van der Waals surface area (Å²) in [5.41, 5.74) is 0.892. The lowest BCUT2D eigenvalue weighted by atomic mass is 10.1. The maximum Gasteiger partial charge on any atom is 0.193 e. The zero-order valence-corrected chi connectivity index (χ0v) is 16.4. The topological polar surface area (TPSA) is 60.7 Å². The van der Waals surface area contributed by atoms with Crippen molar-refractivity contribution in [3.05, 3.63) is 35.1 Å². The third-order valence-corrected chi connectivity index (χ3v) is 3.81. The number of nitrogens with zero attached hydrogens (tertiary/aromatic N) is 3. The lowest BCUT2D eigenvalue weighted by Crippen LogP contribution is -2.40. The Labute approximate surface area is 159 Å². The predicted octanol–water partition coefficient (Wildman–Crippen LogP) is 2.75. The lowest BCUT2D eigenvalue weighted by Gasteiger charge is -2.22. The number of guanidine groups is 1. The smallest absolute Gasteiger partial charge is 0.193 e. The summed E-state index contributed by atoms with van der Waals surface area (Å²) in [4.78, 5) is 6.13. The number of hydrogen-bond acceptors (Lipinski definition) is 3. The molecule has 0 aliphatic heterocycles. The number of aliphatic imine (C=N–C) groups is 1. The molecule has 0 aromatic heterocycles. The Morgan fingerprint density at radius 2 is 2.25 bits per heavy atom. The van der Waals surface area contributed by atoms with Crippen LogP contribution in [0, 0.1) is 23.1 Å². The van der Waals surface area contributed by atoms with E-state index in [1.54, 1.807) is 13.1 Å². The Hall–Kier alpha value is -1.40. The van der Waals surface area contributed by atoms with Gasteiger partial charge >= 0.3 is 0 Å². The third kappa shape index (κ3) is 6.61. The number of likely N-dealkylation sites (N-methyl/N-ethyl adjacent to an activating group) is 1. The second-order valence-corrected chi connectivity index (χ2v) is 5.76. The number of benzene rings is 1. The van der Waals surface area contributed by atoms with E-state index in [0.29, 0.717) is 30.2 Å². The highest BCUT2D eigenvalue weighted by Gasteiger charge is 2.21. The highest BCUT2D eigenvalue weighted by molar-refractivity contribution is 14.0. The highest BCUT2D eigenvalue weighted by Crippen LogP contribution is 2.28. The Bertz CT molecular complexity index is 599. The van der Waals surface area contributed by atoms with Crippen molar-refractivity contribution in [3.63, 3.8) is 0 Å². The van der Waals surface area contributed by atoms with E-state index in [9.17, 15) is 4.39 Å². The van der Waals surface area contributed by atoms with Crippen LogP contribution in [0.3, 0.4) is 0 Å². The average Bonchev–Trinajstić information content (AvgIpc) is 3.38. The second-order valence-electron chi connectivity index (χ2n) is 5.76. The van der Waals surface area contributed by atoms with Gasteiger partial charge in [-0.3, -0.25) is 4.99 Å². The van der Waals surface area contributed by atoms with E-state index in [-0.39, 0.29) is 36.3 Å². The Balaban J connectivity index is 0.00000288. The van der Waals surface area contributed by atoms with Crippen molar-refractivity contribution in [2.75, 3.05) is 33.9 Å². The molecule has 132 valence electrons. The van der Waals surface area contributed by atoms with Gasteiger partial charge in [-0.15, -0.1) is 24.0 Å². The van der Waals surface area contributed by atoms with Gasteiger partial charge < -0.3 is 15.0 Å². The first-order valence-electron chi connectivity index (χ1n) is 7.82. The third-order valence-electron chi connectivity index (χ3n) is 3.81. The van der Waals surface area contributed by atoms with Gasteiger partial charge in [-0.25, -0.2) is 4.39 Å². The minimum atomic E-state index is -0.331. The second kappa shape index (κ2) is 10.5. The molecule has 0 amide bonds. The van der Waals surface area contributed by atoms with Crippen molar-refractivity contribution in [2.24, 2.45) is 10.9 Å². The van der Waals surface area contributed by atoms with E-state index in [0.717, 1.165) is 12.5 Å². The highest BCUT2D eigenvalue weighted by atomic mass is 127. The van der Waals surface area contributed by atoms with E-state index >= 15 is 0 Å². The Kier molecular flexibility index (Phi) is 9.00. The van der Waals surface area contributed by atoms with Gasteiger partial charge in [0.1, 0.15) is 5.82 Å². The molecule has 0 unspecified atom stereocenters. The zero-order chi connectivity index (χ0) is 16.7. The molecule has 7 heteroatoms. The zero-order valence-electron chi connectivity index (χ0n) is 14.1. The summed E-state index contributed by atoms with van der Waals surface area (Å²) in [6.07, 6.45) is 2.57. The normalized spacial score (nSPS) is 13.8. The van der Waals surface area contributed by atoms with Crippen LogP contribution in [0.4, 0.5) is 4.39 Å². The summed E-state index contributed by atoms with van der Waals surface area (Å²) in [5.74, 6) is 1.09. The molecule has 5 nitrogen and oxygen atoms in total. The SMILES string of the molecule is CN=C(NCc1cc(C#N)ccc1F)N(C)CCOCC1CC1.I. The number of nitriles is 1. The van der Waals surface area contributed by atoms with Crippen LogP contribution >= 0.6 is 24.0 Å². The molecule has 0 heterocycles. The number of ether oxygens (including phenoxy) is 1. The van der Waals surface area contributed by atoms with Crippen LogP contribution in [0.15, 0.2) is 23.2 Å². The standard InChI is InChI=1S/C17H23FN4O.HI/c1-20-17(22(2)7-8-23-12-13-3-4-13)21-11-15-9-14(10-19)5-6-16(15)18;/h5-6,9,13H,3-4,7-8,11-12H2,1-2H3,(H,20,21);1H. The van der Waals surface area contributed by atoms with E-state index in [1.165, 1.54) is 25.0 Å². The first kappa shape index (κ1) is 20.6. The van der Waals surface area contributed by atoms with Crippen molar-refractivity contribution in [1.82, 2.24) is 10.2 Å². The molecule has 0 bridgehead atoms. The number of nitrogens with one attached hydrogen (secondary N) is 1. The van der Waals surface area contributed by atoms with Crippen LogP contribution in [-0.4, -0.2) is 44.7 Å². The van der Waals surface area contributed by atoms with Crippen molar-refractivity contribution >= 4 is 29.9 Å². The van der Waals surface area contributed by atoms with E-state index in [2.05, 4.69) is 10.3 Å².